The van der Waals surface area contributed by atoms with Gasteiger partial charge < -0.3 is 5.11 Å². The predicted molar refractivity (Wildman–Crippen MR) is 52.4 cm³/mol. The lowest BCUT2D eigenvalue weighted by molar-refractivity contribution is 0.0919. The maximum Gasteiger partial charge on any atom is 0.116 e. The van der Waals surface area contributed by atoms with Crippen molar-refractivity contribution in [2.75, 3.05) is 0 Å². The van der Waals surface area contributed by atoms with Gasteiger partial charge in [-0.1, -0.05) is 30.8 Å². The molecule has 0 radical (unpaired) electrons. The maximum absolute atomic E-state index is 10.2. The highest BCUT2D eigenvalue weighted by molar-refractivity contribution is 5.40. The first-order valence-corrected chi connectivity index (χ1v) is 4.44. The SMILES string of the molecule is C=C=CC1(O)CCc2ccccc21. The number of fused-ring (bicyclic) bond motifs is 1. The van der Waals surface area contributed by atoms with Gasteiger partial charge in [0.15, 0.2) is 0 Å². The van der Waals surface area contributed by atoms with Crippen molar-refractivity contribution in [2.45, 2.75) is 18.4 Å². The summed E-state index contributed by atoms with van der Waals surface area (Å²) >= 11 is 0. The number of hydrogen-bond donors (Lipinski definition) is 1. The highest BCUT2D eigenvalue weighted by Crippen LogP contribution is 2.37. The van der Waals surface area contributed by atoms with E-state index in [1.165, 1.54) is 5.56 Å². The minimum Gasteiger partial charge on any atom is -0.380 e. The van der Waals surface area contributed by atoms with Crippen molar-refractivity contribution in [3.05, 3.63) is 53.8 Å². The van der Waals surface area contributed by atoms with Gasteiger partial charge in [-0.2, -0.15) is 0 Å². The van der Waals surface area contributed by atoms with Crippen LogP contribution in [0.25, 0.3) is 0 Å². The molecular weight excluding hydrogens is 160 g/mol. The van der Waals surface area contributed by atoms with Crippen LogP contribution in [0.4, 0.5) is 0 Å². The molecule has 66 valence electrons. The number of aliphatic hydroxyl groups is 1. The molecule has 0 aromatic heterocycles. The average Bonchev–Trinajstić information content (AvgIpc) is 2.46. The van der Waals surface area contributed by atoms with Crippen LogP contribution in [0, 0.1) is 0 Å². The normalized spacial score (nSPS) is 25.0. The second-order valence-electron chi connectivity index (χ2n) is 3.43. The fourth-order valence-electron chi connectivity index (χ4n) is 1.94. The Bertz CT molecular complexity index is 374. The van der Waals surface area contributed by atoms with Crippen molar-refractivity contribution in [1.82, 2.24) is 0 Å². The van der Waals surface area contributed by atoms with Crippen molar-refractivity contribution in [3.63, 3.8) is 0 Å². The maximum atomic E-state index is 10.2. The molecular formula is C12H12O. The molecule has 0 saturated heterocycles. The van der Waals surface area contributed by atoms with Gasteiger partial charge in [-0.25, -0.2) is 0 Å². The molecule has 0 fully saturated rings. The first kappa shape index (κ1) is 8.31. The van der Waals surface area contributed by atoms with Crippen molar-refractivity contribution in [1.29, 1.82) is 0 Å². The highest BCUT2D eigenvalue weighted by Gasteiger charge is 2.33. The fraction of sp³-hybridized carbons (Fsp3) is 0.250. The molecule has 13 heavy (non-hydrogen) atoms. The minimum absolute atomic E-state index is 0.745. The zero-order valence-corrected chi connectivity index (χ0v) is 7.46. The molecule has 0 amide bonds. The smallest absolute Gasteiger partial charge is 0.116 e. The lowest BCUT2D eigenvalue weighted by Gasteiger charge is -2.17. The van der Waals surface area contributed by atoms with Gasteiger partial charge in [0.2, 0.25) is 0 Å². The minimum atomic E-state index is -0.821. The lowest BCUT2D eigenvalue weighted by atomic mass is 9.96. The van der Waals surface area contributed by atoms with Crippen LogP contribution in [-0.2, 0) is 12.0 Å². The molecule has 1 unspecified atom stereocenters. The van der Waals surface area contributed by atoms with Gasteiger partial charge in [0.1, 0.15) is 5.60 Å². The quantitative estimate of drug-likeness (QED) is 0.643. The fourth-order valence-corrected chi connectivity index (χ4v) is 1.94. The molecule has 0 aliphatic heterocycles. The summed E-state index contributed by atoms with van der Waals surface area (Å²) in [5.74, 6) is 0. The highest BCUT2D eigenvalue weighted by atomic mass is 16.3. The molecule has 1 aliphatic rings. The van der Waals surface area contributed by atoms with Gasteiger partial charge in [-0.3, -0.25) is 0 Å². The molecule has 1 aliphatic carbocycles. The standard InChI is InChI=1S/C12H12O/c1-2-8-12(13)9-7-10-5-3-4-6-11(10)12/h3-6,8,13H,1,7,9H2. The van der Waals surface area contributed by atoms with Gasteiger partial charge in [-0.15, -0.1) is 5.73 Å². The molecule has 1 heteroatoms. The molecule has 0 heterocycles. The summed E-state index contributed by atoms with van der Waals surface area (Å²) in [7, 11) is 0. The van der Waals surface area contributed by atoms with E-state index in [4.69, 9.17) is 0 Å². The molecule has 0 saturated carbocycles. The molecule has 1 nitrogen and oxygen atoms in total. The molecule has 1 aromatic carbocycles. The molecule has 1 N–H and O–H groups in total. The summed E-state index contributed by atoms with van der Waals surface area (Å²) < 4.78 is 0. The third-order valence-electron chi connectivity index (χ3n) is 2.60. The first-order valence-electron chi connectivity index (χ1n) is 4.44. The third kappa shape index (κ3) is 1.23. The second-order valence-corrected chi connectivity index (χ2v) is 3.43. The van der Waals surface area contributed by atoms with E-state index >= 15 is 0 Å². The zero-order chi connectivity index (χ0) is 9.31. The first-order chi connectivity index (χ1) is 6.26. The van der Waals surface area contributed by atoms with Crippen molar-refractivity contribution < 1.29 is 5.11 Å². The van der Waals surface area contributed by atoms with Crippen LogP contribution in [0.3, 0.4) is 0 Å². The summed E-state index contributed by atoms with van der Waals surface area (Å²) in [5, 5.41) is 10.2. The van der Waals surface area contributed by atoms with Crippen LogP contribution in [0.2, 0.25) is 0 Å². The molecule has 2 rings (SSSR count). The Balaban J connectivity index is 2.54. The van der Waals surface area contributed by atoms with Gasteiger partial charge >= 0.3 is 0 Å². The monoisotopic (exact) mass is 172 g/mol. The van der Waals surface area contributed by atoms with E-state index in [1.807, 2.05) is 18.2 Å². The van der Waals surface area contributed by atoms with Crippen LogP contribution in [-0.4, -0.2) is 5.11 Å². The summed E-state index contributed by atoms with van der Waals surface area (Å²) in [6.45, 7) is 3.50. The average molecular weight is 172 g/mol. The second kappa shape index (κ2) is 2.88. The molecule has 1 atom stereocenters. The van der Waals surface area contributed by atoms with E-state index in [9.17, 15) is 5.11 Å². The summed E-state index contributed by atoms with van der Waals surface area (Å²) in [6.07, 6.45) is 3.33. The van der Waals surface area contributed by atoms with Crippen LogP contribution < -0.4 is 0 Å². The van der Waals surface area contributed by atoms with Crippen molar-refractivity contribution in [3.8, 4) is 0 Å². The van der Waals surface area contributed by atoms with Crippen LogP contribution in [0.5, 0.6) is 0 Å². The Kier molecular flexibility index (Phi) is 1.84. The van der Waals surface area contributed by atoms with Crippen LogP contribution in [0.15, 0.2) is 42.7 Å². The van der Waals surface area contributed by atoms with Gasteiger partial charge in [0, 0.05) is 0 Å². The van der Waals surface area contributed by atoms with Gasteiger partial charge in [0.05, 0.1) is 0 Å². The lowest BCUT2D eigenvalue weighted by Crippen LogP contribution is -2.18. The summed E-state index contributed by atoms with van der Waals surface area (Å²) in [4.78, 5) is 0. The van der Waals surface area contributed by atoms with Gasteiger partial charge in [-0.05, 0) is 30.0 Å². The van der Waals surface area contributed by atoms with E-state index in [1.54, 1.807) is 6.08 Å². The molecule has 1 aromatic rings. The van der Waals surface area contributed by atoms with E-state index in [0.717, 1.165) is 18.4 Å². The topological polar surface area (TPSA) is 20.2 Å². The van der Waals surface area contributed by atoms with Gasteiger partial charge in [0.25, 0.3) is 0 Å². The van der Waals surface area contributed by atoms with E-state index in [0.29, 0.717) is 0 Å². The Morgan fingerprint density at radius 1 is 1.46 bits per heavy atom. The van der Waals surface area contributed by atoms with E-state index in [-0.39, 0.29) is 0 Å². The third-order valence-corrected chi connectivity index (χ3v) is 2.60. The Hall–Kier alpha value is -1.30. The number of benzene rings is 1. The predicted octanol–water partition coefficient (Wildman–Crippen LogP) is 2.16. The number of aryl methyl sites for hydroxylation is 1. The summed E-state index contributed by atoms with van der Waals surface area (Å²) in [5.41, 5.74) is 4.08. The number of rotatable bonds is 1. The summed E-state index contributed by atoms with van der Waals surface area (Å²) in [6, 6.07) is 7.98. The van der Waals surface area contributed by atoms with Crippen molar-refractivity contribution in [2.24, 2.45) is 0 Å². The van der Waals surface area contributed by atoms with E-state index in [2.05, 4.69) is 18.4 Å². The largest absolute Gasteiger partial charge is 0.380 e. The van der Waals surface area contributed by atoms with Crippen LogP contribution >= 0.6 is 0 Å². The van der Waals surface area contributed by atoms with Crippen LogP contribution in [0.1, 0.15) is 17.5 Å². The Morgan fingerprint density at radius 2 is 2.23 bits per heavy atom. The Labute approximate surface area is 78.0 Å². The Morgan fingerprint density at radius 3 is 3.00 bits per heavy atom. The van der Waals surface area contributed by atoms with Crippen molar-refractivity contribution >= 4 is 0 Å². The molecule has 0 spiro atoms. The van der Waals surface area contributed by atoms with E-state index < -0.39 is 5.60 Å². The number of hydrogen-bond acceptors (Lipinski definition) is 1. The molecule has 0 bridgehead atoms. The zero-order valence-electron chi connectivity index (χ0n) is 7.46.